The number of ether oxygens (including phenoxy) is 4. The maximum Gasteiger partial charge on any atom is 0.378 e. The number of phenolic OH excluding ortho intramolecular Hbond substituents is 4. The molecular weight excluding hydrogens is 504 g/mol. The average Bonchev–Trinajstić information content (AvgIpc) is 3.37. The highest BCUT2D eigenvalue weighted by atomic mass is 16.8. The molecule has 4 aliphatic rings. The number of aromatic hydroxyl groups is 4. The van der Waals surface area contributed by atoms with Gasteiger partial charge in [-0.05, 0) is 31.2 Å². The summed E-state index contributed by atoms with van der Waals surface area (Å²) in [6.45, 7) is 2.95. The molecule has 12 heteroatoms. The number of aliphatic hydroxyl groups excluding tert-OH is 3. The third-order valence-electron chi connectivity index (χ3n) is 8.03. The Bertz CT molecular complexity index is 1400. The first-order valence-electron chi connectivity index (χ1n) is 12.1. The number of aliphatic hydroxyl groups is 3. The van der Waals surface area contributed by atoms with Gasteiger partial charge in [-0.1, -0.05) is 6.92 Å². The molecule has 2 aromatic rings. The summed E-state index contributed by atoms with van der Waals surface area (Å²) in [6, 6.07) is 3.34. The van der Waals surface area contributed by atoms with Crippen LogP contribution in [0.25, 0.3) is 0 Å². The summed E-state index contributed by atoms with van der Waals surface area (Å²) in [5.41, 5.74) is -0.337. The zero-order valence-corrected chi connectivity index (χ0v) is 20.3. The lowest BCUT2D eigenvalue weighted by Crippen LogP contribution is -2.46. The lowest BCUT2D eigenvalue weighted by atomic mass is 9.68. The van der Waals surface area contributed by atoms with Gasteiger partial charge in [0.05, 0.1) is 17.8 Å². The predicted molar refractivity (Wildman–Crippen MR) is 124 cm³/mol. The third kappa shape index (κ3) is 3.11. The van der Waals surface area contributed by atoms with E-state index >= 15 is 0 Å². The van der Waals surface area contributed by atoms with Gasteiger partial charge >= 0.3 is 11.8 Å². The van der Waals surface area contributed by atoms with Gasteiger partial charge in [0.2, 0.25) is 0 Å². The summed E-state index contributed by atoms with van der Waals surface area (Å²) in [6.07, 6.45) is -3.38. The van der Waals surface area contributed by atoms with Gasteiger partial charge in [-0.3, -0.25) is 0 Å². The number of phenols is 4. The van der Waals surface area contributed by atoms with Crippen molar-refractivity contribution in [1.82, 2.24) is 0 Å². The molecule has 1 aliphatic carbocycles. The molecule has 6 rings (SSSR count). The van der Waals surface area contributed by atoms with Gasteiger partial charge in [0, 0.05) is 30.2 Å². The highest BCUT2D eigenvalue weighted by molar-refractivity contribution is 5.90. The van der Waals surface area contributed by atoms with Crippen LogP contribution in [-0.2, 0) is 24.8 Å². The zero-order chi connectivity index (χ0) is 27.3. The van der Waals surface area contributed by atoms with Gasteiger partial charge in [-0.25, -0.2) is 4.79 Å². The van der Waals surface area contributed by atoms with Crippen LogP contribution in [0.2, 0.25) is 0 Å². The summed E-state index contributed by atoms with van der Waals surface area (Å²) in [7, 11) is 0. The van der Waals surface area contributed by atoms with Crippen molar-refractivity contribution in [2.75, 3.05) is 6.61 Å². The van der Waals surface area contributed by atoms with Crippen molar-refractivity contribution in [2.45, 2.75) is 50.3 Å². The average molecular weight is 530 g/mol. The van der Waals surface area contributed by atoms with E-state index in [9.17, 15) is 40.5 Å². The SMILES string of the molecule is CC1OC(=O)C2=C1OC1(O2)c2cc(O)c(O)cc2Oc2cc(O)c(C3C[C@@H](CO)[C@H](C)[C@@H](O)[C@@H]3O)c(O)c21. The number of fused-ring (bicyclic) bond motifs is 4. The third-order valence-corrected chi connectivity index (χ3v) is 8.03. The standard InChI is InChI=1S/C26H26O12/c1-8-10(7-27)3-11(21(32)20(8)31)18-15(30)6-17-19(22(18)33)26(12-4-13(28)14(29)5-16(12)36-17)37-23-9(2)35-25(34)24(23)38-26/h4-6,8-11,20-21,27-33H,3,7H2,1-2H3/t8-,9?,10-,11?,20+,21+,26?/m0/s1. The number of carbonyl (C=O) groups is 1. The van der Waals surface area contributed by atoms with E-state index < -0.39 is 70.8 Å². The molecule has 1 saturated carbocycles. The van der Waals surface area contributed by atoms with Crippen molar-refractivity contribution >= 4 is 5.97 Å². The van der Waals surface area contributed by atoms with E-state index in [2.05, 4.69) is 0 Å². The Labute approximate surface area is 215 Å². The molecule has 12 nitrogen and oxygen atoms in total. The topological polar surface area (TPSA) is 196 Å². The minimum Gasteiger partial charge on any atom is -0.507 e. The Morgan fingerprint density at radius 3 is 2.32 bits per heavy atom. The molecule has 0 amide bonds. The normalized spacial score (nSPS) is 33.1. The molecule has 7 N–H and O–H groups in total. The van der Waals surface area contributed by atoms with Crippen LogP contribution >= 0.6 is 0 Å². The van der Waals surface area contributed by atoms with Gasteiger partial charge in [0.1, 0.15) is 28.6 Å². The van der Waals surface area contributed by atoms with Gasteiger partial charge in [-0.2, -0.15) is 0 Å². The maximum atomic E-state index is 12.5. The Morgan fingerprint density at radius 2 is 1.63 bits per heavy atom. The molecule has 1 spiro atoms. The Balaban J connectivity index is 1.57. The van der Waals surface area contributed by atoms with Crippen LogP contribution in [0, 0.1) is 11.8 Å². The molecule has 38 heavy (non-hydrogen) atoms. The summed E-state index contributed by atoms with van der Waals surface area (Å²) in [4.78, 5) is 12.5. The van der Waals surface area contributed by atoms with Crippen LogP contribution in [-0.4, -0.2) is 66.6 Å². The van der Waals surface area contributed by atoms with E-state index in [0.717, 1.165) is 18.2 Å². The number of benzene rings is 2. The van der Waals surface area contributed by atoms with E-state index in [1.54, 1.807) is 13.8 Å². The largest absolute Gasteiger partial charge is 0.507 e. The van der Waals surface area contributed by atoms with Crippen LogP contribution in [0.15, 0.2) is 29.7 Å². The minimum atomic E-state index is -2.11. The molecule has 202 valence electrons. The maximum absolute atomic E-state index is 12.5. The van der Waals surface area contributed by atoms with Gasteiger partial charge in [0.15, 0.2) is 23.4 Å². The van der Waals surface area contributed by atoms with Crippen LogP contribution in [0.5, 0.6) is 34.5 Å². The molecule has 7 atom stereocenters. The van der Waals surface area contributed by atoms with E-state index in [4.69, 9.17) is 18.9 Å². The van der Waals surface area contributed by atoms with Crippen molar-refractivity contribution in [3.63, 3.8) is 0 Å². The number of hydrogen-bond donors (Lipinski definition) is 7. The lowest BCUT2D eigenvalue weighted by molar-refractivity contribution is -0.173. The lowest BCUT2D eigenvalue weighted by Gasteiger charge is -2.42. The van der Waals surface area contributed by atoms with Gasteiger partial charge in [0.25, 0.3) is 5.76 Å². The number of rotatable bonds is 2. The highest BCUT2D eigenvalue weighted by Gasteiger charge is 2.60. The van der Waals surface area contributed by atoms with E-state index in [1.165, 1.54) is 0 Å². The fraction of sp³-hybridized carbons (Fsp3) is 0.423. The van der Waals surface area contributed by atoms with Crippen molar-refractivity contribution in [2.24, 2.45) is 11.8 Å². The fourth-order valence-corrected chi connectivity index (χ4v) is 5.91. The first-order chi connectivity index (χ1) is 18.0. The molecule has 2 aromatic carbocycles. The second-order valence-electron chi connectivity index (χ2n) is 10.2. The van der Waals surface area contributed by atoms with Crippen LogP contribution in [0.1, 0.15) is 42.9 Å². The van der Waals surface area contributed by atoms with Crippen molar-refractivity contribution in [1.29, 1.82) is 0 Å². The number of carbonyl (C=O) groups excluding carboxylic acids is 1. The molecule has 3 heterocycles. The Hall–Kier alpha value is -3.87. The van der Waals surface area contributed by atoms with Crippen molar-refractivity contribution in [3.05, 3.63) is 46.4 Å². The van der Waals surface area contributed by atoms with E-state index in [0.29, 0.717) is 0 Å². The number of esters is 1. The summed E-state index contributed by atoms with van der Waals surface area (Å²) >= 11 is 0. The Kier molecular flexibility index (Phi) is 5.19. The van der Waals surface area contributed by atoms with Gasteiger partial charge < -0.3 is 54.7 Å². The first kappa shape index (κ1) is 24.5. The molecule has 0 aromatic heterocycles. The van der Waals surface area contributed by atoms with Crippen LogP contribution in [0.3, 0.4) is 0 Å². The first-order valence-corrected chi connectivity index (χ1v) is 12.1. The highest BCUT2D eigenvalue weighted by Crippen LogP contribution is 2.62. The Morgan fingerprint density at radius 1 is 0.947 bits per heavy atom. The molecular formula is C26H26O12. The molecule has 0 bridgehead atoms. The molecule has 3 aliphatic heterocycles. The number of cyclic esters (lactones) is 1. The quantitative estimate of drug-likeness (QED) is 0.219. The summed E-state index contributed by atoms with van der Waals surface area (Å²) in [5, 5.41) is 74.5. The summed E-state index contributed by atoms with van der Waals surface area (Å²) in [5.74, 6) is -7.45. The van der Waals surface area contributed by atoms with E-state index in [-0.39, 0.29) is 52.7 Å². The molecule has 0 saturated heterocycles. The summed E-state index contributed by atoms with van der Waals surface area (Å²) < 4.78 is 23.2. The molecule has 1 fully saturated rings. The number of hydrogen-bond acceptors (Lipinski definition) is 12. The molecule has 3 unspecified atom stereocenters. The molecule has 0 radical (unpaired) electrons. The van der Waals surface area contributed by atoms with Crippen LogP contribution < -0.4 is 4.74 Å². The minimum absolute atomic E-state index is 0.00674. The predicted octanol–water partition coefficient (Wildman–Crippen LogP) is 1.47. The fourth-order valence-electron chi connectivity index (χ4n) is 5.91. The zero-order valence-electron chi connectivity index (χ0n) is 20.3. The van der Waals surface area contributed by atoms with Crippen LogP contribution in [0.4, 0.5) is 0 Å². The monoisotopic (exact) mass is 530 g/mol. The van der Waals surface area contributed by atoms with E-state index in [1.807, 2.05) is 0 Å². The van der Waals surface area contributed by atoms with Crippen molar-refractivity contribution < 1.29 is 59.5 Å². The smallest absolute Gasteiger partial charge is 0.378 e. The van der Waals surface area contributed by atoms with Gasteiger partial charge in [-0.15, -0.1) is 0 Å². The second-order valence-corrected chi connectivity index (χ2v) is 10.2. The second kappa shape index (κ2) is 8.06. The van der Waals surface area contributed by atoms with Crippen molar-refractivity contribution in [3.8, 4) is 34.5 Å².